The first-order chi connectivity index (χ1) is 6.79. The second-order valence-electron chi connectivity index (χ2n) is 2.80. The Morgan fingerprint density at radius 1 is 1.57 bits per heavy atom. The van der Waals surface area contributed by atoms with E-state index >= 15 is 0 Å². The van der Waals surface area contributed by atoms with Crippen molar-refractivity contribution in [3.8, 4) is 0 Å². The van der Waals surface area contributed by atoms with Crippen LogP contribution < -0.4 is 5.73 Å². The molecule has 2 rings (SSSR count). The van der Waals surface area contributed by atoms with Gasteiger partial charge in [-0.25, -0.2) is 0 Å². The number of hydrogen-bond donors (Lipinski definition) is 1. The molecule has 1 aromatic rings. The number of pyridine rings is 1. The van der Waals surface area contributed by atoms with Gasteiger partial charge in [0.2, 0.25) is 0 Å². The van der Waals surface area contributed by atoms with Gasteiger partial charge in [-0.3, -0.25) is 14.8 Å². The van der Waals surface area contributed by atoms with E-state index in [1.807, 2.05) is 6.07 Å². The van der Waals surface area contributed by atoms with Gasteiger partial charge in [-0.1, -0.05) is 0 Å². The van der Waals surface area contributed by atoms with Gasteiger partial charge < -0.3 is 5.73 Å². The van der Waals surface area contributed by atoms with E-state index in [2.05, 4.69) is 9.98 Å². The summed E-state index contributed by atoms with van der Waals surface area (Å²) >= 11 is 1.63. The summed E-state index contributed by atoms with van der Waals surface area (Å²) in [7, 11) is 0. The molecule has 0 atom stereocenters. The number of rotatable bonds is 2. The molecular formula is C9H9N3OS. The molecule has 0 spiro atoms. The van der Waals surface area contributed by atoms with Gasteiger partial charge in [0.25, 0.3) is 5.91 Å². The highest BCUT2D eigenvalue weighted by Gasteiger charge is 2.16. The fourth-order valence-corrected chi connectivity index (χ4v) is 2.15. The van der Waals surface area contributed by atoms with Crippen LogP contribution in [0.5, 0.6) is 0 Å². The Labute approximate surface area is 85.6 Å². The Kier molecular flexibility index (Phi) is 2.49. The Balaban J connectivity index is 2.46. The first-order valence-corrected chi connectivity index (χ1v) is 5.20. The predicted molar refractivity (Wildman–Crippen MR) is 56.6 cm³/mol. The summed E-state index contributed by atoms with van der Waals surface area (Å²) in [5, 5.41) is 0.868. The molecule has 0 unspecified atom stereocenters. The van der Waals surface area contributed by atoms with Crippen LogP contribution in [-0.4, -0.2) is 28.2 Å². The van der Waals surface area contributed by atoms with Crippen molar-refractivity contribution >= 4 is 22.7 Å². The van der Waals surface area contributed by atoms with Crippen LogP contribution >= 0.6 is 11.8 Å². The molecule has 0 radical (unpaired) electrons. The number of hydrogen-bond acceptors (Lipinski definition) is 4. The van der Waals surface area contributed by atoms with Crippen LogP contribution in [0.3, 0.4) is 0 Å². The summed E-state index contributed by atoms with van der Waals surface area (Å²) in [6.07, 6.45) is 1.56. The topological polar surface area (TPSA) is 68.3 Å². The fourth-order valence-electron chi connectivity index (χ4n) is 1.27. The molecule has 0 bridgehead atoms. The molecule has 1 aromatic heterocycles. The molecule has 2 heterocycles. The molecule has 0 aliphatic carbocycles. The molecule has 1 aliphatic rings. The number of amides is 1. The maximum Gasteiger partial charge on any atom is 0.268 e. The smallest absolute Gasteiger partial charge is 0.268 e. The Morgan fingerprint density at radius 2 is 2.43 bits per heavy atom. The van der Waals surface area contributed by atoms with Gasteiger partial charge in [0.15, 0.2) is 0 Å². The monoisotopic (exact) mass is 207 g/mol. The summed E-state index contributed by atoms with van der Waals surface area (Å²) in [5.41, 5.74) is 6.27. The normalized spacial score (nSPS) is 15.3. The Morgan fingerprint density at radius 3 is 3.07 bits per heavy atom. The number of aliphatic imine (C=N–C) groups is 1. The van der Waals surface area contributed by atoms with E-state index in [1.54, 1.807) is 24.0 Å². The summed E-state index contributed by atoms with van der Waals surface area (Å²) in [6, 6.07) is 3.60. The van der Waals surface area contributed by atoms with Gasteiger partial charge in [0, 0.05) is 24.1 Å². The molecule has 0 fully saturated rings. The molecule has 0 saturated carbocycles. The van der Waals surface area contributed by atoms with Crippen molar-refractivity contribution in [1.29, 1.82) is 0 Å². The van der Waals surface area contributed by atoms with E-state index in [-0.39, 0.29) is 0 Å². The van der Waals surface area contributed by atoms with Gasteiger partial charge >= 0.3 is 0 Å². The number of thioether (sulfide) groups is 1. The third-order valence-corrected chi connectivity index (χ3v) is 2.87. The number of carbonyl (C=O) groups is 1. The highest BCUT2D eigenvalue weighted by molar-refractivity contribution is 8.14. The van der Waals surface area contributed by atoms with E-state index in [0.29, 0.717) is 5.69 Å². The highest BCUT2D eigenvalue weighted by Crippen LogP contribution is 2.20. The van der Waals surface area contributed by atoms with Gasteiger partial charge in [-0.2, -0.15) is 0 Å². The van der Waals surface area contributed by atoms with Crippen molar-refractivity contribution in [2.75, 3.05) is 12.3 Å². The van der Waals surface area contributed by atoms with Crippen molar-refractivity contribution in [3.05, 3.63) is 29.6 Å². The zero-order valence-electron chi connectivity index (χ0n) is 7.43. The molecule has 5 heteroatoms. The first kappa shape index (κ1) is 9.21. The average molecular weight is 207 g/mol. The lowest BCUT2D eigenvalue weighted by molar-refractivity contribution is 0.0995. The van der Waals surface area contributed by atoms with Crippen LogP contribution in [-0.2, 0) is 0 Å². The number of nitrogens with zero attached hydrogens (tertiary/aromatic N) is 2. The van der Waals surface area contributed by atoms with E-state index in [9.17, 15) is 4.79 Å². The SMILES string of the molecule is NC(=O)c1ncccc1C1=NCCS1. The fraction of sp³-hybridized carbons (Fsp3) is 0.222. The molecule has 72 valence electrons. The lowest BCUT2D eigenvalue weighted by Gasteiger charge is -2.03. The quantitative estimate of drug-likeness (QED) is 0.775. The van der Waals surface area contributed by atoms with Crippen LogP contribution in [0.4, 0.5) is 0 Å². The van der Waals surface area contributed by atoms with Crippen LogP contribution in [0.15, 0.2) is 23.3 Å². The maximum absolute atomic E-state index is 11.1. The van der Waals surface area contributed by atoms with E-state index in [1.165, 1.54) is 0 Å². The van der Waals surface area contributed by atoms with Crippen molar-refractivity contribution in [1.82, 2.24) is 4.98 Å². The van der Waals surface area contributed by atoms with E-state index in [0.717, 1.165) is 22.9 Å². The lowest BCUT2D eigenvalue weighted by Crippen LogP contribution is -2.17. The van der Waals surface area contributed by atoms with Gasteiger partial charge in [-0.15, -0.1) is 11.8 Å². The summed E-state index contributed by atoms with van der Waals surface area (Å²) < 4.78 is 0. The highest BCUT2D eigenvalue weighted by atomic mass is 32.2. The predicted octanol–water partition coefficient (Wildman–Crippen LogP) is 0.674. The van der Waals surface area contributed by atoms with Crippen molar-refractivity contribution in [2.24, 2.45) is 10.7 Å². The van der Waals surface area contributed by atoms with Crippen LogP contribution in [0.1, 0.15) is 16.1 Å². The first-order valence-electron chi connectivity index (χ1n) is 4.21. The minimum atomic E-state index is -0.504. The van der Waals surface area contributed by atoms with Crippen molar-refractivity contribution in [2.45, 2.75) is 0 Å². The molecule has 0 aromatic carbocycles. The molecule has 4 nitrogen and oxygen atoms in total. The second kappa shape index (κ2) is 3.79. The number of carbonyl (C=O) groups excluding carboxylic acids is 1. The van der Waals surface area contributed by atoms with Crippen LogP contribution in [0.2, 0.25) is 0 Å². The van der Waals surface area contributed by atoms with Gasteiger partial charge in [-0.05, 0) is 12.1 Å². The molecular weight excluding hydrogens is 198 g/mol. The standard InChI is InChI=1S/C9H9N3OS/c10-8(13)7-6(2-1-3-11-7)9-12-4-5-14-9/h1-3H,4-5H2,(H2,10,13). The number of nitrogens with two attached hydrogens (primary N) is 1. The summed E-state index contributed by atoms with van der Waals surface area (Å²) in [4.78, 5) is 19.3. The summed E-state index contributed by atoms with van der Waals surface area (Å²) in [5.74, 6) is 0.457. The molecule has 14 heavy (non-hydrogen) atoms. The minimum absolute atomic E-state index is 0.306. The Hall–Kier alpha value is -1.36. The van der Waals surface area contributed by atoms with Crippen LogP contribution in [0.25, 0.3) is 0 Å². The third kappa shape index (κ3) is 1.63. The van der Waals surface area contributed by atoms with E-state index < -0.39 is 5.91 Å². The third-order valence-electron chi connectivity index (χ3n) is 1.86. The molecule has 1 aliphatic heterocycles. The number of primary amides is 1. The largest absolute Gasteiger partial charge is 0.364 e. The maximum atomic E-state index is 11.1. The Bertz CT molecular complexity index is 403. The molecule has 2 N–H and O–H groups in total. The van der Waals surface area contributed by atoms with Crippen LogP contribution in [0, 0.1) is 0 Å². The number of aromatic nitrogens is 1. The zero-order valence-corrected chi connectivity index (χ0v) is 8.25. The van der Waals surface area contributed by atoms with Gasteiger partial charge in [0.05, 0.1) is 0 Å². The van der Waals surface area contributed by atoms with Gasteiger partial charge in [0.1, 0.15) is 10.7 Å². The molecule has 1 amide bonds. The molecule has 0 saturated heterocycles. The van der Waals surface area contributed by atoms with Crippen molar-refractivity contribution < 1.29 is 4.79 Å². The minimum Gasteiger partial charge on any atom is -0.364 e. The van der Waals surface area contributed by atoms with Crippen molar-refractivity contribution in [3.63, 3.8) is 0 Å². The summed E-state index contributed by atoms with van der Waals surface area (Å²) in [6.45, 7) is 0.799. The average Bonchev–Trinajstić information content (AvgIpc) is 2.70. The second-order valence-corrected chi connectivity index (χ2v) is 3.88. The zero-order chi connectivity index (χ0) is 9.97. The lowest BCUT2D eigenvalue weighted by atomic mass is 10.2. The van der Waals surface area contributed by atoms with E-state index in [4.69, 9.17) is 5.73 Å².